The van der Waals surface area contributed by atoms with Gasteiger partial charge in [0.05, 0.1) is 28.4 Å². The molecule has 0 bridgehead atoms. The fourth-order valence-corrected chi connectivity index (χ4v) is 2.73. The summed E-state index contributed by atoms with van der Waals surface area (Å²) in [6.07, 6.45) is 0. The van der Waals surface area contributed by atoms with E-state index in [0.717, 1.165) is 0 Å². The largest absolute Gasteiger partial charge is 0.456 e. The second-order valence-corrected chi connectivity index (χ2v) is 5.79. The fourth-order valence-electron chi connectivity index (χ4n) is 2.56. The van der Waals surface area contributed by atoms with Crippen molar-refractivity contribution in [2.45, 2.75) is 13.8 Å². The number of nitrogens with zero attached hydrogens (tertiary/aromatic N) is 2. The highest BCUT2D eigenvalue weighted by Gasteiger charge is 2.18. The first kappa shape index (κ1) is 16.0. The monoisotopic (exact) mass is 336 g/mol. The van der Waals surface area contributed by atoms with E-state index >= 15 is 0 Å². The van der Waals surface area contributed by atoms with Gasteiger partial charge in [-0.25, -0.2) is 0 Å². The third kappa shape index (κ3) is 2.94. The smallest absolute Gasteiger partial charge is 0.165 e. The minimum absolute atomic E-state index is 0.134. The van der Waals surface area contributed by atoms with Gasteiger partial charge in [0.15, 0.2) is 5.78 Å². The van der Waals surface area contributed by atoms with Crippen LogP contribution < -0.4 is 4.74 Å². The van der Waals surface area contributed by atoms with Gasteiger partial charge in [-0.3, -0.25) is 9.78 Å². The van der Waals surface area contributed by atoms with Crippen molar-refractivity contribution in [3.63, 3.8) is 0 Å². The zero-order valence-electron chi connectivity index (χ0n) is 13.1. The lowest BCUT2D eigenvalue weighted by molar-refractivity contribution is 0.101. The molecule has 0 radical (unpaired) electrons. The Hall–Kier alpha value is -2.90. The van der Waals surface area contributed by atoms with Crippen molar-refractivity contribution in [3.05, 3.63) is 64.3 Å². The first-order valence-electron chi connectivity index (χ1n) is 7.28. The maximum absolute atomic E-state index is 12.1. The van der Waals surface area contributed by atoms with Gasteiger partial charge in [0.25, 0.3) is 0 Å². The quantitative estimate of drug-likeness (QED) is 0.627. The van der Waals surface area contributed by atoms with Gasteiger partial charge in [0, 0.05) is 10.4 Å². The number of fused-ring (bicyclic) bond motifs is 1. The van der Waals surface area contributed by atoms with E-state index < -0.39 is 0 Å². The van der Waals surface area contributed by atoms with Gasteiger partial charge in [-0.2, -0.15) is 5.26 Å². The summed E-state index contributed by atoms with van der Waals surface area (Å²) in [5.41, 5.74) is 2.26. The summed E-state index contributed by atoms with van der Waals surface area (Å²) >= 11 is 6.10. The van der Waals surface area contributed by atoms with Crippen LogP contribution in [-0.2, 0) is 0 Å². The highest BCUT2D eigenvalue weighted by atomic mass is 35.5. The van der Waals surface area contributed by atoms with E-state index in [4.69, 9.17) is 21.6 Å². The number of aromatic nitrogens is 1. The number of ketones is 1. The lowest BCUT2D eigenvalue weighted by atomic mass is 10.0. The molecule has 2 aromatic carbocycles. The summed E-state index contributed by atoms with van der Waals surface area (Å²) in [4.78, 5) is 16.6. The molecule has 0 N–H and O–H groups in total. The molecule has 0 aliphatic rings. The topological polar surface area (TPSA) is 63.0 Å². The van der Waals surface area contributed by atoms with Crippen LogP contribution in [0.3, 0.4) is 0 Å². The third-order valence-electron chi connectivity index (χ3n) is 3.64. The Labute approximate surface area is 144 Å². The van der Waals surface area contributed by atoms with Gasteiger partial charge in [-0.15, -0.1) is 0 Å². The van der Waals surface area contributed by atoms with Crippen LogP contribution in [0.4, 0.5) is 0 Å². The molecule has 0 aliphatic carbocycles. The molecule has 3 rings (SSSR count). The lowest BCUT2D eigenvalue weighted by Crippen LogP contribution is -2.04. The van der Waals surface area contributed by atoms with Gasteiger partial charge >= 0.3 is 0 Å². The lowest BCUT2D eigenvalue weighted by Gasteiger charge is -2.15. The summed E-state index contributed by atoms with van der Waals surface area (Å²) < 4.78 is 5.99. The molecular formula is C19H13ClN2O2. The summed E-state index contributed by atoms with van der Waals surface area (Å²) in [6.45, 7) is 3.25. The fraction of sp³-hybridized carbons (Fsp3) is 0.105. The Morgan fingerprint density at radius 3 is 2.54 bits per heavy atom. The number of pyridine rings is 1. The molecule has 1 aromatic heterocycles. The first-order chi connectivity index (χ1) is 11.5. The van der Waals surface area contributed by atoms with Crippen molar-refractivity contribution in [1.82, 2.24) is 4.98 Å². The minimum Gasteiger partial charge on any atom is -0.456 e. The molecule has 0 amide bonds. The second kappa shape index (κ2) is 6.31. The SMILES string of the molecule is CC(=O)c1c(C)nc2ccc(Cl)cc2c1Oc1ccc(C#N)cc1. The third-order valence-corrected chi connectivity index (χ3v) is 3.87. The average molecular weight is 337 g/mol. The minimum atomic E-state index is -0.134. The zero-order valence-corrected chi connectivity index (χ0v) is 13.9. The Morgan fingerprint density at radius 1 is 1.21 bits per heavy atom. The number of carbonyl (C=O) groups excluding carboxylic acids is 1. The predicted molar refractivity (Wildman–Crippen MR) is 92.7 cm³/mol. The Kier molecular flexibility index (Phi) is 4.20. The maximum Gasteiger partial charge on any atom is 0.165 e. The van der Waals surface area contributed by atoms with E-state index in [2.05, 4.69) is 11.1 Å². The van der Waals surface area contributed by atoms with Crippen molar-refractivity contribution in [3.8, 4) is 17.6 Å². The Balaban J connectivity index is 2.22. The molecular weight excluding hydrogens is 324 g/mol. The van der Waals surface area contributed by atoms with E-state index in [1.165, 1.54) is 6.92 Å². The van der Waals surface area contributed by atoms with Crippen molar-refractivity contribution in [2.24, 2.45) is 0 Å². The van der Waals surface area contributed by atoms with Gasteiger partial charge in [0.1, 0.15) is 11.5 Å². The van der Waals surface area contributed by atoms with Crippen LogP contribution in [0.1, 0.15) is 28.5 Å². The molecule has 0 saturated carbocycles. The standard InChI is InChI=1S/C19H13ClN2O2/c1-11-18(12(2)23)19(16-9-14(20)5-8-17(16)22-11)24-15-6-3-13(10-21)4-7-15/h3-9H,1-2H3. The number of ether oxygens (including phenoxy) is 1. The number of carbonyl (C=O) groups is 1. The molecule has 0 aliphatic heterocycles. The van der Waals surface area contributed by atoms with Crippen LogP contribution in [0.15, 0.2) is 42.5 Å². The number of rotatable bonds is 3. The van der Waals surface area contributed by atoms with Crippen LogP contribution in [-0.4, -0.2) is 10.8 Å². The molecule has 1 heterocycles. The molecule has 3 aromatic rings. The highest BCUT2D eigenvalue weighted by molar-refractivity contribution is 6.31. The normalized spacial score (nSPS) is 10.4. The van der Waals surface area contributed by atoms with E-state index in [1.807, 2.05) is 0 Å². The van der Waals surface area contributed by atoms with Crippen LogP contribution in [0.2, 0.25) is 5.02 Å². The summed E-state index contributed by atoms with van der Waals surface area (Å²) in [5, 5.41) is 10.1. The van der Waals surface area contributed by atoms with E-state index in [1.54, 1.807) is 49.4 Å². The molecule has 0 fully saturated rings. The molecule has 24 heavy (non-hydrogen) atoms. The van der Waals surface area contributed by atoms with Crippen LogP contribution >= 0.6 is 11.6 Å². The highest BCUT2D eigenvalue weighted by Crippen LogP contribution is 2.36. The van der Waals surface area contributed by atoms with Gasteiger partial charge in [0.2, 0.25) is 0 Å². The summed E-state index contributed by atoms with van der Waals surface area (Å²) in [5.74, 6) is 0.825. The Morgan fingerprint density at radius 2 is 1.92 bits per heavy atom. The van der Waals surface area contributed by atoms with Gasteiger partial charge in [-0.1, -0.05) is 11.6 Å². The summed E-state index contributed by atoms with van der Waals surface area (Å²) in [6, 6.07) is 14.0. The number of hydrogen-bond acceptors (Lipinski definition) is 4. The van der Waals surface area contributed by atoms with Gasteiger partial charge in [-0.05, 0) is 56.3 Å². The molecule has 5 heteroatoms. The van der Waals surface area contributed by atoms with E-state index in [-0.39, 0.29) is 5.78 Å². The van der Waals surface area contributed by atoms with E-state index in [9.17, 15) is 4.79 Å². The molecule has 0 unspecified atom stereocenters. The first-order valence-corrected chi connectivity index (χ1v) is 7.66. The Bertz CT molecular complexity index is 989. The predicted octanol–water partition coefficient (Wildman–Crippen LogP) is 5.06. The number of halogens is 1. The second-order valence-electron chi connectivity index (χ2n) is 5.36. The van der Waals surface area contributed by atoms with Crippen LogP contribution in [0.5, 0.6) is 11.5 Å². The zero-order chi connectivity index (χ0) is 17.3. The molecule has 4 nitrogen and oxygen atoms in total. The van der Waals surface area contributed by atoms with E-state index in [0.29, 0.717) is 44.2 Å². The van der Waals surface area contributed by atoms with Crippen molar-refractivity contribution in [2.75, 3.05) is 0 Å². The van der Waals surface area contributed by atoms with Crippen molar-refractivity contribution in [1.29, 1.82) is 5.26 Å². The number of aryl methyl sites for hydroxylation is 1. The van der Waals surface area contributed by atoms with Crippen molar-refractivity contribution >= 4 is 28.3 Å². The average Bonchev–Trinajstić information content (AvgIpc) is 2.56. The molecule has 118 valence electrons. The number of hydrogen-bond donors (Lipinski definition) is 0. The van der Waals surface area contributed by atoms with Crippen LogP contribution in [0, 0.1) is 18.3 Å². The summed E-state index contributed by atoms with van der Waals surface area (Å²) in [7, 11) is 0. The van der Waals surface area contributed by atoms with Crippen molar-refractivity contribution < 1.29 is 9.53 Å². The molecule has 0 saturated heterocycles. The molecule has 0 spiro atoms. The number of benzene rings is 2. The van der Waals surface area contributed by atoms with Gasteiger partial charge < -0.3 is 4.74 Å². The van der Waals surface area contributed by atoms with Crippen LogP contribution in [0.25, 0.3) is 10.9 Å². The molecule has 0 atom stereocenters. The number of nitriles is 1. The number of Topliss-reactive ketones (excluding diaryl/α,β-unsaturated/α-hetero) is 1. The maximum atomic E-state index is 12.1.